The number of aryl methyl sites for hydroxylation is 1. The van der Waals surface area contributed by atoms with Crippen LogP contribution in [0, 0.1) is 5.41 Å². The van der Waals surface area contributed by atoms with Crippen molar-refractivity contribution in [3.05, 3.63) is 23.8 Å². The molecule has 6 nitrogen and oxygen atoms in total. The number of benzene rings is 1. The van der Waals surface area contributed by atoms with Gasteiger partial charge in [0.15, 0.2) is 0 Å². The maximum Gasteiger partial charge on any atom is 0.253 e. The zero-order valence-electron chi connectivity index (χ0n) is 12.2. The van der Waals surface area contributed by atoms with Crippen molar-refractivity contribution in [1.82, 2.24) is 19.9 Å². The normalized spacial score (nSPS) is 21.6. The quantitative estimate of drug-likeness (QED) is 0.904. The Kier molecular flexibility index (Phi) is 4.20. The summed E-state index contributed by atoms with van der Waals surface area (Å²) in [6.45, 7) is 4.23. The lowest BCUT2D eigenvalue weighted by Gasteiger charge is -2.22. The zero-order chi connectivity index (χ0) is 14.3. The number of carbonyl (C=O) groups is 1. The lowest BCUT2D eigenvalue weighted by Crippen LogP contribution is -2.34. The third kappa shape index (κ3) is 2.73. The van der Waals surface area contributed by atoms with Crippen LogP contribution in [0.1, 0.15) is 23.7 Å². The third-order valence-corrected chi connectivity index (χ3v) is 4.20. The van der Waals surface area contributed by atoms with E-state index in [1.54, 1.807) is 4.68 Å². The molecule has 0 bridgehead atoms. The molecule has 0 saturated carbocycles. The zero-order valence-corrected chi connectivity index (χ0v) is 13.1. The highest BCUT2D eigenvalue weighted by Crippen LogP contribution is 2.29. The fourth-order valence-corrected chi connectivity index (χ4v) is 2.72. The number of halogens is 1. The minimum absolute atomic E-state index is 0. The first kappa shape index (κ1) is 15.7. The first-order valence-electron chi connectivity index (χ1n) is 6.81. The lowest BCUT2D eigenvalue weighted by molar-refractivity contribution is 0.0777. The molecule has 1 aromatic carbocycles. The number of likely N-dealkylation sites (tertiary alicyclic amines) is 1. The van der Waals surface area contributed by atoms with Crippen LogP contribution in [0.4, 0.5) is 0 Å². The van der Waals surface area contributed by atoms with Gasteiger partial charge in [-0.1, -0.05) is 12.1 Å². The average molecular weight is 310 g/mol. The van der Waals surface area contributed by atoms with E-state index < -0.39 is 0 Å². The number of aromatic nitrogens is 3. The van der Waals surface area contributed by atoms with E-state index in [1.807, 2.05) is 30.1 Å². The molecule has 1 aliphatic rings. The van der Waals surface area contributed by atoms with Crippen molar-refractivity contribution in [2.75, 3.05) is 19.6 Å². The van der Waals surface area contributed by atoms with Gasteiger partial charge in [-0.05, 0) is 36.6 Å². The Morgan fingerprint density at radius 1 is 1.48 bits per heavy atom. The number of nitrogens with zero attached hydrogens (tertiary/aromatic N) is 4. The van der Waals surface area contributed by atoms with Gasteiger partial charge in [0.2, 0.25) is 0 Å². The topological polar surface area (TPSA) is 77.0 Å². The van der Waals surface area contributed by atoms with Crippen molar-refractivity contribution in [1.29, 1.82) is 0 Å². The average Bonchev–Trinajstić information content (AvgIpc) is 3.03. The lowest BCUT2D eigenvalue weighted by atomic mass is 9.90. The standard InChI is InChI=1S/C14H19N5O.ClH/c1-14(8-15)5-6-19(9-14)13(20)10-3-4-12-11(7-10)16-17-18(12)2;/h3-4,7H,5-6,8-9,15H2,1-2H3;1H. The summed E-state index contributed by atoms with van der Waals surface area (Å²) in [5, 5.41) is 8.01. The Balaban J connectivity index is 0.00000161. The molecule has 1 saturated heterocycles. The SMILES string of the molecule is Cl.Cn1nnc2cc(C(=O)N3CCC(C)(CN)C3)ccc21. The number of fused-ring (bicyclic) bond motifs is 1. The molecule has 1 fully saturated rings. The Labute approximate surface area is 129 Å². The molecule has 1 atom stereocenters. The van der Waals surface area contributed by atoms with Crippen LogP contribution in [0.5, 0.6) is 0 Å². The van der Waals surface area contributed by atoms with Gasteiger partial charge in [-0.25, -0.2) is 4.68 Å². The molecule has 0 aliphatic carbocycles. The Hall–Kier alpha value is -1.66. The van der Waals surface area contributed by atoms with Gasteiger partial charge in [0.25, 0.3) is 5.91 Å². The molecule has 0 radical (unpaired) electrons. The van der Waals surface area contributed by atoms with Crippen LogP contribution < -0.4 is 5.73 Å². The number of amides is 1. The van der Waals surface area contributed by atoms with E-state index in [-0.39, 0.29) is 23.7 Å². The van der Waals surface area contributed by atoms with Gasteiger partial charge >= 0.3 is 0 Å². The van der Waals surface area contributed by atoms with Crippen LogP contribution in [0.3, 0.4) is 0 Å². The van der Waals surface area contributed by atoms with Crippen LogP contribution in [0.2, 0.25) is 0 Å². The second kappa shape index (κ2) is 5.61. The monoisotopic (exact) mass is 309 g/mol. The minimum Gasteiger partial charge on any atom is -0.338 e. The Bertz CT molecular complexity index is 670. The summed E-state index contributed by atoms with van der Waals surface area (Å²) in [5.41, 5.74) is 8.18. The summed E-state index contributed by atoms with van der Waals surface area (Å²) in [7, 11) is 1.84. The Morgan fingerprint density at radius 3 is 2.90 bits per heavy atom. The second-order valence-corrected chi connectivity index (χ2v) is 5.91. The first-order valence-corrected chi connectivity index (χ1v) is 6.81. The van der Waals surface area contributed by atoms with Gasteiger partial charge in [-0.3, -0.25) is 4.79 Å². The molecule has 3 rings (SSSR count). The molecule has 114 valence electrons. The van der Waals surface area contributed by atoms with Gasteiger partial charge in [0.1, 0.15) is 5.52 Å². The molecule has 1 aliphatic heterocycles. The fourth-order valence-electron chi connectivity index (χ4n) is 2.72. The molecular formula is C14H20ClN5O. The van der Waals surface area contributed by atoms with Crippen molar-refractivity contribution < 1.29 is 4.79 Å². The molecule has 2 N–H and O–H groups in total. The Morgan fingerprint density at radius 2 is 2.24 bits per heavy atom. The number of hydrogen-bond acceptors (Lipinski definition) is 4. The van der Waals surface area contributed by atoms with Crippen molar-refractivity contribution in [2.24, 2.45) is 18.2 Å². The molecular weight excluding hydrogens is 290 g/mol. The number of rotatable bonds is 2. The van der Waals surface area contributed by atoms with Gasteiger partial charge in [-0.15, -0.1) is 17.5 Å². The number of hydrogen-bond donors (Lipinski definition) is 1. The first-order chi connectivity index (χ1) is 9.52. The summed E-state index contributed by atoms with van der Waals surface area (Å²) in [6, 6.07) is 5.54. The highest BCUT2D eigenvalue weighted by atomic mass is 35.5. The summed E-state index contributed by atoms with van der Waals surface area (Å²) in [6.07, 6.45) is 0.961. The molecule has 21 heavy (non-hydrogen) atoms. The van der Waals surface area contributed by atoms with Crippen LogP contribution in [-0.2, 0) is 7.05 Å². The van der Waals surface area contributed by atoms with E-state index in [1.165, 1.54) is 0 Å². The second-order valence-electron chi connectivity index (χ2n) is 5.91. The van der Waals surface area contributed by atoms with Gasteiger partial charge < -0.3 is 10.6 Å². The van der Waals surface area contributed by atoms with Crippen LogP contribution >= 0.6 is 12.4 Å². The van der Waals surface area contributed by atoms with Crippen molar-refractivity contribution in [3.63, 3.8) is 0 Å². The van der Waals surface area contributed by atoms with E-state index >= 15 is 0 Å². The minimum atomic E-state index is 0. The third-order valence-electron chi connectivity index (χ3n) is 4.20. The van der Waals surface area contributed by atoms with E-state index in [2.05, 4.69) is 17.2 Å². The molecule has 7 heteroatoms. The van der Waals surface area contributed by atoms with Crippen LogP contribution in [0.25, 0.3) is 11.0 Å². The van der Waals surface area contributed by atoms with E-state index in [4.69, 9.17) is 5.73 Å². The van der Waals surface area contributed by atoms with E-state index in [0.29, 0.717) is 12.1 Å². The molecule has 0 spiro atoms. The molecule has 2 aromatic rings. The van der Waals surface area contributed by atoms with Crippen molar-refractivity contribution >= 4 is 29.3 Å². The van der Waals surface area contributed by atoms with E-state index in [9.17, 15) is 4.79 Å². The van der Waals surface area contributed by atoms with Crippen molar-refractivity contribution in [2.45, 2.75) is 13.3 Å². The largest absolute Gasteiger partial charge is 0.338 e. The maximum atomic E-state index is 12.5. The van der Waals surface area contributed by atoms with Gasteiger partial charge in [0, 0.05) is 25.7 Å². The summed E-state index contributed by atoms with van der Waals surface area (Å²) < 4.78 is 1.70. The molecule has 1 aromatic heterocycles. The van der Waals surface area contributed by atoms with Crippen LogP contribution in [0.15, 0.2) is 18.2 Å². The van der Waals surface area contributed by atoms with E-state index in [0.717, 1.165) is 30.5 Å². The smallest absolute Gasteiger partial charge is 0.253 e. The highest BCUT2D eigenvalue weighted by Gasteiger charge is 2.35. The summed E-state index contributed by atoms with van der Waals surface area (Å²) >= 11 is 0. The summed E-state index contributed by atoms with van der Waals surface area (Å²) in [5.74, 6) is 0.0507. The predicted molar refractivity (Wildman–Crippen MR) is 83.4 cm³/mol. The highest BCUT2D eigenvalue weighted by molar-refractivity contribution is 5.97. The molecule has 1 amide bonds. The fraction of sp³-hybridized carbons (Fsp3) is 0.500. The molecule has 2 heterocycles. The number of nitrogens with two attached hydrogens (primary N) is 1. The van der Waals surface area contributed by atoms with Gasteiger partial charge in [0.05, 0.1) is 5.52 Å². The van der Waals surface area contributed by atoms with Crippen molar-refractivity contribution in [3.8, 4) is 0 Å². The van der Waals surface area contributed by atoms with Crippen LogP contribution in [-0.4, -0.2) is 45.4 Å². The molecule has 1 unspecified atom stereocenters. The number of carbonyl (C=O) groups excluding carboxylic acids is 1. The van der Waals surface area contributed by atoms with Gasteiger partial charge in [-0.2, -0.15) is 0 Å². The summed E-state index contributed by atoms with van der Waals surface area (Å²) in [4.78, 5) is 14.4. The maximum absolute atomic E-state index is 12.5. The predicted octanol–water partition coefficient (Wildman–Crippen LogP) is 1.20.